The van der Waals surface area contributed by atoms with Gasteiger partial charge in [0, 0.05) is 12.1 Å². The molecule has 1 aliphatic heterocycles. The number of hydrogen-bond donors (Lipinski definition) is 2. The number of nitro groups is 1. The maximum Gasteiger partial charge on any atom is 0.343 e. The molecule has 0 aromatic heterocycles. The highest BCUT2D eigenvalue weighted by atomic mass is 16.6. The molecule has 0 unspecified atom stereocenters. The summed E-state index contributed by atoms with van der Waals surface area (Å²) in [7, 11) is 1.03. The van der Waals surface area contributed by atoms with Crippen LogP contribution in [0.1, 0.15) is 5.56 Å². The summed E-state index contributed by atoms with van der Waals surface area (Å²) in [5.41, 5.74) is -0.308. The van der Waals surface area contributed by atoms with Crippen LogP contribution in [-0.2, 0) is 19.1 Å². The molecule has 9 nitrogen and oxygen atoms in total. The zero-order valence-electron chi connectivity index (χ0n) is 11.3. The minimum atomic E-state index is -1.87. The van der Waals surface area contributed by atoms with Crippen molar-refractivity contribution in [2.75, 3.05) is 7.11 Å². The zero-order valence-corrected chi connectivity index (χ0v) is 11.3. The third-order valence-electron chi connectivity index (χ3n) is 3.06. The summed E-state index contributed by atoms with van der Waals surface area (Å²) >= 11 is 0. The molecule has 0 saturated heterocycles. The molecular formula is C13H11NO8. The quantitative estimate of drug-likeness (QED) is 0.461. The van der Waals surface area contributed by atoms with E-state index in [1.165, 1.54) is 12.1 Å². The van der Waals surface area contributed by atoms with Gasteiger partial charge in [0.2, 0.25) is 0 Å². The summed E-state index contributed by atoms with van der Waals surface area (Å²) in [6.07, 6.45) is -3.45. The predicted octanol–water partition coefficient (Wildman–Crippen LogP) is 0.323. The minimum absolute atomic E-state index is 0.160. The van der Waals surface area contributed by atoms with E-state index >= 15 is 0 Å². The van der Waals surface area contributed by atoms with E-state index in [9.17, 15) is 29.9 Å². The standard InChI is InChI=1S/C13H11NO8/c1-21-13(18)10(16)11-9(15)8(12(17)22-11)6-2-4-7(5-3-6)14(19)20/h2-5,10-11,15-16H,1H3/t10-,11+/m1/s1. The number of carbonyl (C=O) groups excluding carboxylic acids is 2. The Balaban J connectivity index is 2.36. The van der Waals surface area contributed by atoms with Crippen molar-refractivity contribution in [2.24, 2.45) is 0 Å². The number of hydrogen-bond acceptors (Lipinski definition) is 8. The summed E-state index contributed by atoms with van der Waals surface area (Å²) in [5, 5.41) is 30.2. The number of non-ortho nitro benzene ring substituents is 1. The highest BCUT2D eigenvalue weighted by Crippen LogP contribution is 2.31. The molecular weight excluding hydrogens is 298 g/mol. The van der Waals surface area contributed by atoms with Crippen LogP contribution in [0.2, 0.25) is 0 Å². The lowest BCUT2D eigenvalue weighted by molar-refractivity contribution is -0.384. The minimum Gasteiger partial charge on any atom is -0.507 e. The monoisotopic (exact) mass is 309 g/mol. The van der Waals surface area contributed by atoms with Crippen LogP contribution in [0.15, 0.2) is 30.0 Å². The molecule has 0 bridgehead atoms. The molecule has 1 heterocycles. The van der Waals surface area contributed by atoms with Gasteiger partial charge in [-0.15, -0.1) is 0 Å². The second kappa shape index (κ2) is 5.82. The number of carbonyl (C=O) groups is 2. The van der Waals surface area contributed by atoms with Gasteiger partial charge in [-0.2, -0.15) is 0 Å². The fourth-order valence-corrected chi connectivity index (χ4v) is 1.95. The van der Waals surface area contributed by atoms with Crippen molar-refractivity contribution in [2.45, 2.75) is 12.2 Å². The van der Waals surface area contributed by atoms with Gasteiger partial charge >= 0.3 is 11.9 Å². The second-order valence-corrected chi connectivity index (χ2v) is 4.36. The van der Waals surface area contributed by atoms with E-state index in [1.54, 1.807) is 0 Å². The molecule has 0 aliphatic carbocycles. The molecule has 0 amide bonds. The molecule has 2 N–H and O–H groups in total. The average molecular weight is 309 g/mol. The lowest BCUT2D eigenvalue weighted by Crippen LogP contribution is -2.36. The van der Waals surface area contributed by atoms with Crippen molar-refractivity contribution in [1.82, 2.24) is 0 Å². The van der Waals surface area contributed by atoms with Gasteiger partial charge in [0.05, 0.1) is 12.0 Å². The van der Waals surface area contributed by atoms with E-state index < -0.39 is 34.8 Å². The highest BCUT2D eigenvalue weighted by Gasteiger charge is 2.42. The molecule has 22 heavy (non-hydrogen) atoms. The molecule has 2 rings (SSSR count). The first-order chi connectivity index (χ1) is 10.4. The Morgan fingerprint density at radius 1 is 1.41 bits per heavy atom. The zero-order chi connectivity index (χ0) is 16.4. The fraction of sp³-hybridized carbons (Fsp3) is 0.231. The Kier molecular flexibility index (Phi) is 4.08. The molecule has 0 saturated carbocycles. The number of aliphatic hydroxyl groups excluding tert-OH is 2. The van der Waals surface area contributed by atoms with E-state index in [0.717, 1.165) is 19.2 Å². The summed E-state index contributed by atoms with van der Waals surface area (Å²) in [6.45, 7) is 0. The third-order valence-corrected chi connectivity index (χ3v) is 3.06. The number of methoxy groups -OCH3 is 1. The second-order valence-electron chi connectivity index (χ2n) is 4.36. The van der Waals surface area contributed by atoms with Gasteiger partial charge in [-0.3, -0.25) is 10.1 Å². The van der Waals surface area contributed by atoms with E-state index in [4.69, 9.17) is 4.74 Å². The summed E-state index contributed by atoms with van der Waals surface area (Å²) in [5.74, 6) is -2.68. The first kappa shape index (κ1) is 15.4. The fourth-order valence-electron chi connectivity index (χ4n) is 1.95. The van der Waals surface area contributed by atoms with Gasteiger partial charge in [0.1, 0.15) is 5.57 Å². The maximum absolute atomic E-state index is 11.8. The molecule has 9 heteroatoms. The first-order valence-electron chi connectivity index (χ1n) is 6.01. The Morgan fingerprint density at radius 2 is 2.00 bits per heavy atom. The van der Waals surface area contributed by atoms with E-state index in [0.29, 0.717) is 0 Å². The number of nitrogens with zero attached hydrogens (tertiary/aromatic N) is 1. The molecule has 1 aliphatic rings. The topological polar surface area (TPSA) is 136 Å². The number of benzene rings is 1. The third kappa shape index (κ3) is 2.61. The number of aliphatic hydroxyl groups is 2. The average Bonchev–Trinajstić information content (AvgIpc) is 2.80. The molecule has 0 spiro atoms. The summed E-state index contributed by atoms with van der Waals surface area (Å²) < 4.78 is 9.06. The predicted molar refractivity (Wildman–Crippen MR) is 70.5 cm³/mol. The van der Waals surface area contributed by atoms with Crippen LogP contribution in [0.3, 0.4) is 0 Å². The van der Waals surface area contributed by atoms with Crippen LogP contribution >= 0.6 is 0 Å². The van der Waals surface area contributed by atoms with E-state index in [-0.39, 0.29) is 16.8 Å². The Morgan fingerprint density at radius 3 is 2.50 bits per heavy atom. The maximum atomic E-state index is 11.8. The van der Waals surface area contributed by atoms with E-state index in [1.807, 2.05) is 0 Å². The molecule has 116 valence electrons. The van der Waals surface area contributed by atoms with Gasteiger partial charge in [0.15, 0.2) is 18.0 Å². The number of esters is 2. The summed E-state index contributed by atoms with van der Waals surface area (Å²) in [4.78, 5) is 33.0. The number of nitro benzene ring substituents is 1. The van der Waals surface area contributed by atoms with Crippen molar-refractivity contribution in [3.8, 4) is 0 Å². The first-order valence-corrected chi connectivity index (χ1v) is 6.01. The van der Waals surface area contributed by atoms with Crippen molar-refractivity contribution >= 4 is 23.2 Å². The lowest BCUT2D eigenvalue weighted by Gasteiger charge is -2.14. The van der Waals surface area contributed by atoms with Crippen LogP contribution in [-0.4, -0.2) is 46.4 Å². The highest BCUT2D eigenvalue weighted by molar-refractivity contribution is 6.19. The molecule has 2 atom stereocenters. The van der Waals surface area contributed by atoms with Gasteiger partial charge in [-0.25, -0.2) is 9.59 Å². The van der Waals surface area contributed by atoms with Crippen molar-refractivity contribution in [3.63, 3.8) is 0 Å². The van der Waals surface area contributed by atoms with Crippen molar-refractivity contribution in [3.05, 3.63) is 45.7 Å². The van der Waals surface area contributed by atoms with Crippen LogP contribution in [0, 0.1) is 10.1 Å². The molecule has 1 aromatic rings. The van der Waals surface area contributed by atoms with Crippen LogP contribution in [0.5, 0.6) is 0 Å². The normalized spacial score (nSPS) is 18.8. The van der Waals surface area contributed by atoms with Crippen LogP contribution in [0.4, 0.5) is 5.69 Å². The Labute approximate surface area is 123 Å². The van der Waals surface area contributed by atoms with Crippen LogP contribution < -0.4 is 0 Å². The SMILES string of the molecule is COC(=O)[C@H](O)[C@H]1OC(=O)C(c2ccc([N+](=O)[O-])cc2)=C1O. The van der Waals surface area contributed by atoms with Gasteiger partial charge in [0.25, 0.3) is 5.69 Å². The number of rotatable bonds is 4. The molecule has 0 fully saturated rings. The number of ether oxygens (including phenoxy) is 2. The molecule has 1 aromatic carbocycles. The van der Waals surface area contributed by atoms with Gasteiger partial charge in [-0.05, 0) is 17.7 Å². The van der Waals surface area contributed by atoms with Crippen LogP contribution in [0.25, 0.3) is 5.57 Å². The summed E-state index contributed by atoms with van der Waals surface area (Å²) in [6, 6.07) is 4.79. The largest absolute Gasteiger partial charge is 0.507 e. The van der Waals surface area contributed by atoms with Gasteiger partial charge in [-0.1, -0.05) is 0 Å². The smallest absolute Gasteiger partial charge is 0.343 e. The Hall–Kier alpha value is -2.94. The lowest BCUT2D eigenvalue weighted by atomic mass is 10.0. The Bertz CT molecular complexity index is 663. The van der Waals surface area contributed by atoms with Gasteiger partial charge < -0.3 is 19.7 Å². The van der Waals surface area contributed by atoms with Crippen molar-refractivity contribution in [1.29, 1.82) is 0 Å². The van der Waals surface area contributed by atoms with Crippen molar-refractivity contribution < 1.29 is 34.2 Å². The molecule has 0 radical (unpaired) electrons. The van der Waals surface area contributed by atoms with E-state index in [2.05, 4.69) is 4.74 Å². The number of cyclic esters (lactones) is 1.